The van der Waals surface area contributed by atoms with E-state index in [0.29, 0.717) is 0 Å². The Kier molecular flexibility index (Phi) is 8.36. The molecule has 0 aliphatic carbocycles. The summed E-state index contributed by atoms with van der Waals surface area (Å²) in [6.07, 6.45) is 1.77. The molecule has 0 aromatic heterocycles. The Hall–Kier alpha value is 0.864. The quantitative estimate of drug-likeness (QED) is 0.790. The van der Waals surface area contributed by atoms with Gasteiger partial charge in [0.15, 0.2) is 0 Å². The first-order valence-corrected chi connectivity index (χ1v) is 3.71. The molecule has 1 unspecified atom stereocenters. The summed E-state index contributed by atoms with van der Waals surface area (Å²) in [5.41, 5.74) is 0.123. The van der Waals surface area contributed by atoms with Crippen LogP contribution in [0.1, 0.15) is 33.6 Å². The van der Waals surface area contributed by atoms with Crippen LogP contribution >= 0.6 is 0 Å². The molecule has 0 aromatic rings. The molecule has 0 aliphatic rings. The Labute approximate surface area is 98.3 Å². The predicted molar refractivity (Wildman–Crippen MR) is 44.6 cm³/mol. The second-order valence-corrected chi connectivity index (χ2v) is 2.83. The van der Waals surface area contributed by atoms with Gasteiger partial charge in [-0.05, 0) is 20.3 Å². The van der Waals surface area contributed by atoms with Crippen LogP contribution in [0.2, 0.25) is 0 Å². The topological polar surface area (TPSA) is 32.6 Å². The van der Waals surface area contributed by atoms with Gasteiger partial charge in [0.05, 0.1) is 5.60 Å². The number of nitrogens with zero attached hydrogens (tertiary/aromatic N) is 1. The van der Waals surface area contributed by atoms with Crippen molar-refractivity contribution in [2.45, 2.75) is 39.2 Å². The summed E-state index contributed by atoms with van der Waals surface area (Å²) in [7, 11) is 1.71. The molecule has 0 spiro atoms. The normalized spacial score (nSPS) is 17.0. The summed E-state index contributed by atoms with van der Waals surface area (Å²) in [6.45, 7) is 5.71. The van der Waals surface area contributed by atoms with E-state index in [4.69, 9.17) is 0 Å². The molecule has 0 amide bonds. The van der Waals surface area contributed by atoms with Crippen LogP contribution in [0.3, 0.4) is 0 Å². The van der Waals surface area contributed by atoms with Gasteiger partial charge >= 0.3 is 0 Å². The van der Waals surface area contributed by atoms with Crippen LogP contribution < -0.4 is 0 Å². The average Bonchev–Trinajstić information content (AvgIpc) is 1.86. The van der Waals surface area contributed by atoms with E-state index in [-0.39, 0.29) is 36.9 Å². The van der Waals surface area contributed by atoms with Gasteiger partial charge < -0.3 is 5.11 Å². The first kappa shape index (κ1) is 14.4. The van der Waals surface area contributed by atoms with E-state index in [1.165, 1.54) is 0 Å². The smallest absolute Gasteiger partial charge is 0.0991 e. The van der Waals surface area contributed by atoms with Crippen molar-refractivity contribution in [2.24, 2.45) is 4.99 Å². The van der Waals surface area contributed by atoms with Gasteiger partial charge in [-0.3, -0.25) is 4.99 Å². The maximum atomic E-state index is 9.65. The Morgan fingerprint density at radius 3 is 2.27 bits per heavy atom. The van der Waals surface area contributed by atoms with Crippen molar-refractivity contribution < 1.29 is 42.0 Å². The summed E-state index contributed by atoms with van der Waals surface area (Å²) >= 11 is 0. The zero-order chi connectivity index (χ0) is 8.20. The van der Waals surface area contributed by atoms with E-state index >= 15 is 0 Å². The zero-order valence-corrected chi connectivity index (χ0v) is 9.37. The van der Waals surface area contributed by atoms with Crippen LogP contribution in [0.25, 0.3) is 0 Å². The third-order valence-corrected chi connectivity index (χ3v) is 1.85. The molecule has 0 saturated heterocycles. The minimum atomic E-state index is -0.691. The van der Waals surface area contributed by atoms with Gasteiger partial charge in [0, 0.05) is 49.6 Å². The van der Waals surface area contributed by atoms with Crippen molar-refractivity contribution in [3.8, 4) is 0 Å². The summed E-state index contributed by atoms with van der Waals surface area (Å²) in [4.78, 5) is 3.95. The molecule has 0 aromatic carbocycles. The van der Waals surface area contributed by atoms with Gasteiger partial charge in [0.1, 0.15) is 0 Å². The largest absolute Gasteiger partial charge is 0.384 e. The minimum absolute atomic E-state index is 0. The molecular formula is C8H17NOTm. The summed E-state index contributed by atoms with van der Waals surface area (Å²) in [6, 6.07) is 0. The number of hydrogen-bond acceptors (Lipinski definition) is 2. The van der Waals surface area contributed by atoms with Gasteiger partial charge in [-0.15, -0.1) is 0 Å². The van der Waals surface area contributed by atoms with Crippen molar-refractivity contribution in [3.05, 3.63) is 0 Å². The Bertz CT molecular complexity index is 132. The van der Waals surface area contributed by atoms with Crippen LogP contribution in [0, 0.1) is 36.9 Å². The van der Waals surface area contributed by atoms with E-state index in [0.717, 1.165) is 18.6 Å². The van der Waals surface area contributed by atoms with Crippen LogP contribution in [0.4, 0.5) is 0 Å². The first-order valence-electron chi connectivity index (χ1n) is 3.71. The fourth-order valence-corrected chi connectivity index (χ4v) is 0.909. The number of aliphatic hydroxyl groups is 1. The fraction of sp³-hybridized carbons (Fsp3) is 0.875. The summed E-state index contributed by atoms with van der Waals surface area (Å²) < 4.78 is 0. The van der Waals surface area contributed by atoms with Gasteiger partial charge in [0.25, 0.3) is 0 Å². The standard InChI is InChI=1S/C8H17NO.Tm/c1-5-6-8(3,10)7(2)9-4;/h10H,5-6H2,1-4H3;. The van der Waals surface area contributed by atoms with Gasteiger partial charge in [0.2, 0.25) is 0 Å². The Balaban J connectivity index is 0. The molecule has 73 valence electrons. The molecule has 11 heavy (non-hydrogen) atoms. The third-order valence-electron chi connectivity index (χ3n) is 1.85. The summed E-state index contributed by atoms with van der Waals surface area (Å²) in [5, 5.41) is 9.65. The van der Waals surface area contributed by atoms with Crippen molar-refractivity contribution in [1.29, 1.82) is 0 Å². The average molecular weight is 312 g/mol. The van der Waals surface area contributed by atoms with E-state index in [1.54, 1.807) is 14.0 Å². The van der Waals surface area contributed by atoms with Crippen LogP contribution in [-0.2, 0) is 0 Å². The van der Waals surface area contributed by atoms with E-state index in [9.17, 15) is 5.11 Å². The molecule has 0 heterocycles. The molecule has 0 aliphatic heterocycles. The molecule has 0 bridgehead atoms. The molecule has 3 heteroatoms. The summed E-state index contributed by atoms with van der Waals surface area (Å²) in [5.74, 6) is 0. The second-order valence-electron chi connectivity index (χ2n) is 2.83. The third kappa shape index (κ3) is 5.16. The Morgan fingerprint density at radius 2 is 2.00 bits per heavy atom. The van der Waals surface area contributed by atoms with Crippen LogP contribution in [0.5, 0.6) is 0 Å². The zero-order valence-electron chi connectivity index (χ0n) is 7.59. The number of hydrogen-bond donors (Lipinski definition) is 1. The molecule has 2 nitrogen and oxygen atoms in total. The molecule has 0 rings (SSSR count). The van der Waals surface area contributed by atoms with E-state index < -0.39 is 5.60 Å². The number of aliphatic imine (C=N–C) groups is 1. The van der Waals surface area contributed by atoms with Crippen molar-refractivity contribution >= 4 is 5.71 Å². The van der Waals surface area contributed by atoms with E-state index in [2.05, 4.69) is 11.9 Å². The molecule has 1 atom stereocenters. The molecule has 0 fully saturated rings. The van der Waals surface area contributed by atoms with Gasteiger partial charge in [-0.25, -0.2) is 0 Å². The molecular weight excluding hydrogens is 295 g/mol. The predicted octanol–water partition coefficient (Wildman–Crippen LogP) is 1.63. The van der Waals surface area contributed by atoms with E-state index in [1.807, 2.05) is 6.92 Å². The van der Waals surface area contributed by atoms with Gasteiger partial charge in [-0.2, -0.15) is 0 Å². The minimum Gasteiger partial charge on any atom is -0.384 e. The van der Waals surface area contributed by atoms with Crippen LogP contribution in [0.15, 0.2) is 4.99 Å². The van der Waals surface area contributed by atoms with Gasteiger partial charge in [-0.1, -0.05) is 13.3 Å². The second kappa shape index (κ2) is 6.39. The van der Waals surface area contributed by atoms with Crippen LogP contribution in [-0.4, -0.2) is 23.5 Å². The molecule has 0 saturated carbocycles. The van der Waals surface area contributed by atoms with Crippen molar-refractivity contribution in [1.82, 2.24) is 0 Å². The molecule has 1 radical (unpaired) electrons. The molecule has 1 N–H and O–H groups in total. The Morgan fingerprint density at radius 1 is 1.55 bits per heavy atom. The first-order chi connectivity index (χ1) is 4.54. The van der Waals surface area contributed by atoms with Crippen molar-refractivity contribution in [3.63, 3.8) is 0 Å². The maximum absolute atomic E-state index is 9.65. The monoisotopic (exact) mass is 312 g/mol. The fourth-order valence-electron chi connectivity index (χ4n) is 0.909. The maximum Gasteiger partial charge on any atom is 0.0991 e. The van der Waals surface area contributed by atoms with Crippen molar-refractivity contribution in [2.75, 3.05) is 7.05 Å². The SMILES string of the molecule is CCCC(C)(O)C(C)=NC.[Tm]. The number of rotatable bonds is 3.